The fourth-order valence-corrected chi connectivity index (χ4v) is 1.88. The molecule has 0 radical (unpaired) electrons. The molecule has 1 aromatic heterocycles. The van der Waals surface area contributed by atoms with Crippen LogP contribution in [-0.4, -0.2) is 10.7 Å². The highest BCUT2D eigenvalue weighted by molar-refractivity contribution is 9.10. The highest BCUT2D eigenvalue weighted by atomic mass is 79.9. The number of aliphatic hydroxyl groups is 1. The van der Waals surface area contributed by atoms with Crippen molar-refractivity contribution >= 4 is 26.9 Å². The van der Waals surface area contributed by atoms with Gasteiger partial charge in [0.05, 0.1) is 4.47 Å². The van der Waals surface area contributed by atoms with Gasteiger partial charge in [0.1, 0.15) is 11.2 Å². The molecule has 17 heavy (non-hydrogen) atoms. The van der Waals surface area contributed by atoms with E-state index in [0.717, 1.165) is 15.4 Å². The van der Waals surface area contributed by atoms with E-state index in [1.807, 2.05) is 31.2 Å². The molecule has 0 bridgehead atoms. The van der Waals surface area contributed by atoms with Crippen LogP contribution in [0, 0.1) is 11.8 Å². The van der Waals surface area contributed by atoms with Crippen molar-refractivity contribution in [3.8, 4) is 11.8 Å². The van der Waals surface area contributed by atoms with Crippen LogP contribution in [0.25, 0.3) is 11.0 Å². The lowest BCUT2D eigenvalue weighted by atomic mass is 10.1. The summed E-state index contributed by atoms with van der Waals surface area (Å²) < 4.78 is 6.45. The first-order chi connectivity index (χ1) is 8.03. The largest absolute Gasteiger partial charge is 0.446 e. The summed E-state index contributed by atoms with van der Waals surface area (Å²) in [5.41, 5.74) is -0.182. The standard InChI is InChI=1S/C14H13BrO2/c1-3-14(2,16)9-8-12-13(15)10-6-4-5-7-11(10)17-12/h4-7,16H,3H2,1-2H3. The number of benzene rings is 1. The van der Waals surface area contributed by atoms with Crippen LogP contribution in [0.5, 0.6) is 0 Å². The zero-order chi connectivity index (χ0) is 12.5. The Balaban J connectivity index is 2.47. The van der Waals surface area contributed by atoms with E-state index in [1.165, 1.54) is 0 Å². The minimum atomic E-state index is -0.974. The van der Waals surface area contributed by atoms with Crippen molar-refractivity contribution in [3.63, 3.8) is 0 Å². The molecule has 2 nitrogen and oxygen atoms in total. The molecule has 1 aromatic carbocycles. The van der Waals surface area contributed by atoms with Crippen molar-refractivity contribution < 1.29 is 9.52 Å². The third-order valence-electron chi connectivity index (χ3n) is 2.67. The molecule has 2 rings (SSSR count). The Kier molecular flexibility index (Phi) is 3.28. The van der Waals surface area contributed by atoms with Crippen LogP contribution in [-0.2, 0) is 0 Å². The molecule has 0 amide bonds. The fraction of sp³-hybridized carbons (Fsp3) is 0.286. The van der Waals surface area contributed by atoms with Gasteiger partial charge in [-0.1, -0.05) is 25.0 Å². The molecular formula is C14H13BrO2. The first-order valence-electron chi connectivity index (χ1n) is 5.46. The van der Waals surface area contributed by atoms with Crippen LogP contribution in [0.4, 0.5) is 0 Å². The molecular weight excluding hydrogens is 280 g/mol. The summed E-state index contributed by atoms with van der Waals surface area (Å²) in [6, 6.07) is 7.72. The van der Waals surface area contributed by atoms with Crippen molar-refractivity contribution in [2.24, 2.45) is 0 Å². The van der Waals surface area contributed by atoms with Gasteiger partial charge in [0.2, 0.25) is 0 Å². The average Bonchev–Trinajstić information content (AvgIpc) is 2.65. The quantitative estimate of drug-likeness (QED) is 0.813. The van der Waals surface area contributed by atoms with Crippen LogP contribution >= 0.6 is 15.9 Å². The molecule has 0 spiro atoms. The summed E-state index contributed by atoms with van der Waals surface area (Å²) in [7, 11) is 0. The van der Waals surface area contributed by atoms with E-state index in [0.29, 0.717) is 12.2 Å². The minimum absolute atomic E-state index is 0.555. The summed E-state index contributed by atoms with van der Waals surface area (Å²) in [5, 5.41) is 10.8. The second-order valence-corrected chi connectivity index (χ2v) is 4.91. The summed E-state index contributed by atoms with van der Waals surface area (Å²) in [6.07, 6.45) is 0.581. The van der Waals surface area contributed by atoms with E-state index < -0.39 is 5.60 Å². The van der Waals surface area contributed by atoms with Gasteiger partial charge in [0.25, 0.3) is 0 Å². The van der Waals surface area contributed by atoms with Gasteiger partial charge in [-0.25, -0.2) is 0 Å². The maximum Gasteiger partial charge on any atom is 0.192 e. The molecule has 1 atom stereocenters. The van der Waals surface area contributed by atoms with Gasteiger partial charge in [-0.3, -0.25) is 0 Å². The van der Waals surface area contributed by atoms with Crippen molar-refractivity contribution in [3.05, 3.63) is 34.5 Å². The molecule has 2 aromatic rings. The van der Waals surface area contributed by atoms with E-state index in [-0.39, 0.29) is 0 Å². The Bertz CT molecular complexity index is 599. The lowest BCUT2D eigenvalue weighted by molar-refractivity contribution is 0.118. The van der Waals surface area contributed by atoms with Crippen LogP contribution in [0.3, 0.4) is 0 Å². The van der Waals surface area contributed by atoms with Gasteiger partial charge in [0, 0.05) is 5.39 Å². The predicted octanol–water partition coefficient (Wildman–Crippen LogP) is 3.71. The number of para-hydroxylation sites is 1. The Labute approximate surface area is 109 Å². The third kappa shape index (κ3) is 2.54. The molecule has 0 saturated carbocycles. The van der Waals surface area contributed by atoms with Crippen LogP contribution < -0.4 is 0 Å². The van der Waals surface area contributed by atoms with E-state index in [1.54, 1.807) is 6.92 Å². The smallest absolute Gasteiger partial charge is 0.192 e. The highest BCUT2D eigenvalue weighted by Crippen LogP contribution is 2.30. The first kappa shape index (κ1) is 12.2. The fourth-order valence-electron chi connectivity index (χ4n) is 1.37. The van der Waals surface area contributed by atoms with Gasteiger partial charge < -0.3 is 9.52 Å². The number of fused-ring (bicyclic) bond motifs is 1. The Hall–Kier alpha value is -1.24. The molecule has 0 aliphatic heterocycles. The van der Waals surface area contributed by atoms with Crippen LogP contribution in [0.1, 0.15) is 26.0 Å². The van der Waals surface area contributed by atoms with Crippen molar-refractivity contribution in [2.45, 2.75) is 25.9 Å². The molecule has 1 unspecified atom stereocenters. The SMILES string of the molecule is CCC(C)(O)C#Cc1oc2ccccc2c1Br. The first-order valence-corrected chi connectivity index (χ1v) is 6.25. The summed E-state index contributed by atoms with van der Waals surface area (Å²) in [6.45, 7) is 3.58. The zero-order valence-corrected chi connectivity index (χ0v) is 11.3. The Morgan fingerprint density at radius 1 is 1.41 bits per heavy atom. The molecule has 0 aliphatic rings. The number of furan rings is 1. The van der Waals surface area contributed by atoms with Gasteiger partial charge in [-0.15, -0.1) is 0 Å². The highest BCUT2D eigenvalue weighted by Gasteiger charge is 2.14. The zero-order valence-electron chi connectivity index (χ0n) is 9.75. The Morgan fingerprint density at radius 3 is 2.76 bits per heavy atom. The molecule has 0 saturated heterocycles. The summed E-state index contributed by atoms with van der Waals surface area (Å²) in [5.74, 6) is 6.24. The topological polar surface area (TPSA) is 33.4 Å². The molecule has 3 heteroatoms. The second kappa shape index (κ2) is 4.56. The minimum Gasteiger partial charge on any atom is -0.446 e. The van der Waals surface area contributed by atoms with Crippen molar-refractivity contribution in [1.29, 1.82) is 0 Å². The second-order valence-electron chi connectivity index (χ2n) is 4.12. The van der Waals surface area contributed by atoms with Crippen LogP contribution in [0.15, 0.2) is 33.2 Å². The molecule has 1 heterocycles. The lowest BCUT2D eigenvalue weighted by Gasteiger charge is -2.11. The number of halogens is 1. The van der Waals surface area contributed by atoms with E-state index in [2.05, 4.69) is 27.8 Å². The average molecular weight is 293 g/mol. The van der Waals surface area contributed by atoms with Crippen molar-refractivity contribution in [2.75, 3.05) is 0 Å². The van der Waals surface area contributed by atoms with Crippen molar-refractivity contribution in [1.82, 2.24) is 0 Å². The lowest BCUT2D eigenvalue weighted by Crippen LogP contribution is -2.19. The van der Waals surface area contributed by atoms with E-state index in [4.69, 9.17) is 4.42 Å². The number of rotatable bonds is 1. The molecule has 0 aliphatic carbocycles. The van der Waals surface area contributed by atoms with Gasteiger partial charge in [-0.2, -0.15) is 0 Å². The maximum atomic E-state index is 9.82. The van der Waals surface area contributed by atoms with E-state index in [9.17, 15) is 5.11 Å². The normalized spacial score (nSPS) is 14.1. The summed E-state index contributed by atoms with van der Waals surface area (Å²) in [4.78, 5) is 0. The molecule has 1 N–H and O–H groups in total. The summed E-state index contributed by atoms with van der Waals surface area (Å²) >= 11 is 3.46. The number of hydrogen-bond donors (Lipinski definition) is 1. The van der Waals surface area contributed by atoms with Gasteiger partial charge in [-0.05, 0) is 47.3 Å². The monoisotopic (exact) mass is 292 g/mol. The molecule has 88 valence electrons. The molecule has 0 fully saturated rings. The Morgan fingerprint density at radius 2 is 2.12 bits per heavy atom. The van der Waals surface area contributed by atoms with Gasteiger partial charge >= 0.3 is 0 Å². The number of hydrogen-bond acceptors (Lipinski definition) is 2. The third-order valence-corrected chi connectivity index (χ3v) is 3.46. The van der Waals surface area contributed by atoms with Crippen LogP contribution in [0.2, 0.25) is 0 Å². The van der Waals surface area contributed by atoms with Gasteiger partial charge in [0.15, 0.2) is 5.76 Å². The maximum absolute atomic E-state index is 9.82. The predicted molar refractivity (Wildman–Crippen MR) is 71.7 cm³/mol. The van der Waals surface area contributed by atoms with E-state index >= 15 is 0 Å².